The van der Waals surface area contributed by atoms with Gasteiger partial charge in [0.15, 0.2) is 0 Å². The van der Waals surface area contributed by atoms with Crippen LogP contribution in [0.15, 0.2) is 48.5 Å². The zero-order valence-corrected chi connectivity index (χ0v) is 16.4. The number of carboxylic acids is 2. The van der Waals surface area contributed by atoms with Gasteiger partial charge in [-0.1, -0.05) is 36.4 Å². The largest absolute Gasteiger partial charge is 0.480 e. The van der Waals surface area contributed by atoms with Gasteiger partial charge in [0, 0.05) is 35.0 Å². The van der Waals surface area contributed by atoms with Crippen molar-refractivity contribution >= 4 is 33.7 Å². The Balaban J connectivity index is 0.000000213. The van der Waals surface area contributed by atoms with Crippen LogP contribution < -0.4 is 11.5 Å². The van der Waals surface area contributed by atoms with Crippen molar-refractivity contribution in [3.63, 3.8) is 0 Å². The first-order valence-electron chi connectivity index (χ1n) is 9.17. The molecule has 0 fully saturated rings. The molecular formula is C20H24N6O5. The third-order valence-electron chi connectivity index (χ3n) is 4.56. The van der Waals surface area contributed by atoms with Crippen LogP contribution in [-0.2, 0) is 22.4 Å². The average Bonchev–Trinajstić information content (AvgIpc) is 3.33. The van der Waals surface area contributed by atoms with Crippen molar-refractivity contribution in [1.82, 2.24) is 20.4 Å². The second-order valence-corrected chi connectivity index (χ2v) is 6.74. The highest BCUT2D eigenvalue weighted by Gasteiger charge is 2.16. The molecule has 0 amide bonds. The van der Waals surface area contributed by atoms with E-state index in [9.17, 15) is 9.59 Å². The molecule has 0 aliphatic carbocycles. The molecule has 31 heavy (non-hydrogen) atoms. The van der Waals surface area contributed by atoms with Crippen LogP contribution in [0, 0.1) is 0 Å². The Morgan fingerprint density at radius 2 is 1.13 bits per heavy atom. The maximum absolute atomic E-state index is 10.6. The van der Waals surface area contributed by atoms with Crippen LogP contribution in [0.1, 0.15) is 11.4 Å². The van der Waals surface area contributed by atoms with Crippen molar-refractivity contribution < 1.29 is 25.3 Å². The Kier molecular flexibility index (Phi) is 7.80. The van der Waals surface area contributed by atoms with Crippen LogP contribution >= 0.6 is 0 Å². The first-order chi connectivity index (χ1) is 14.4. The summed E-state index contributed by atoms with van der Waals surface area (Å²) in [5.41, 5.74) is 14.1. The number of para-hydroxylation sites is 2. The predicted molar refractivity (Wildman–Crippen MR) is 114 cm³/mol. The zero-order chi connectivity index (χ0) is 21.7. The average molecular weight is 428 g/mol. The van der Waals surface area contributed by atoms with Crippen molar-refractivity contribution in [3.8, 4) is 0 Å². The van der Waals surface area contributed by atoms with Gasteiger partial charge in [0.25, 0.3) is 0 Å². The molecule has 2 heterocycles. The van der Waals surface area contributed by atoms with E-state index in [1.54, 1.807) is 0 Å². The molecular weight excluding hydrogens is 404 g/mol. The maximum Gasteiger partial charge on any atom is 0.320 e. The molecule has 11 nitrogen and oxygen atoms in total. The third kappa shape index (κ3) is 5.63. The molecule has 2 atom stereocenters. The lowest BCUT2D eigenvalue weighted by Crippen LogP contribution is -2.32. The van der Waals surface area contributed by atoms with E-state index in [1.165, 1.54) is 0 Å². The summed E-state index contributed by atoms with van der Waals surface area (Å²) in [5, 5.41) is 33.0. The van der Waals surface area contributed by atoms with Gasteiger partial charge in [0.05, 0.1) is 11.0 Å². The fraction of sp³-hybridized carbons (Fsp3) is 0.200. The Bertz CT molecular complexity index is 1080. The molecule has 10 N–H and O–H groups in total. The molecule has 2 aromatic heterocycles. The van der Waals surface area contributed by atoms with E-state index in [0.29, 0.717) is 0 Å². The number of nitrogens with one attached hydrogen (secondary N) is 2. The summed E-state index contributed by atoms with van der Waals surface area (Å²) < 4.78 is 0. The van der Waals surface area contributed by atoms with E-state index in [1.807, 2.05) is 48.5 Å². The number of nitrogens with zero attached hydrogens (tertiary/aromatic N) is 2. The minimum Gasteiger partial charge on any atom is -0.480 e. The summed E-state index contributed by atoms with van der Waals surface area (Å²) in [5.74, 6) is -2.01. The number of aromatic nitrogens is 4. The first-order valence-corrected chi connectivity index (χ1v) is 9.17. The molecule has 2 aromatic carbocycles. The van der Waals surface area contributed by atoms with Crippen molar-refractivity contribution in [2.24, 2.45) is 11.5 Å². The molecule has 2 unspecified atom stereocenters. The third-order valence-corrected chi connectivity index (χ3v) is 4.56. The number of aromatic amines is 2. The number of rotatable bonds is 6. The molecule has 164 valence electrons. The summed E-state index contributed by atoms with van der Waals surface area (Å²) in [6.45, 7) is 0. The monoisotopic (exact) mass is 428 g/mol. The molecule has 4 rings (SSSR count). The molecule has 0 saturated heterocycles. The fourth-order valence-electron chi connectivity index (χ4n) is 2.95. The lowest BCUT2D eigenvalue weighted by Gasteiger charge is -2.03. The van der Waals surface area contributed by atoms with Gasteiger partial charge < -0.3 is 27.2 Å². The Morgan fingerprint density at radius 3 is 1.48 bits per heavy atom. The number of nitrogens with two attached hydrogens (primary N) is 2. The Morgan fingerprint density at radius 1 is 0.774 bits per heavy atom. The first kappa shape index (κ1) is 23.5. The fourth-order valence-corrected chi connectivity index (χ4v) is 2.95. The van der Waals surface area contributed by atoms with Crippen molar-refractivity contribution in [2.45, 2.75) is 24.9 Å². The lowest BCUT2D eigenvalue weighted by atomic mass is 10.1. The lowest BCUT2D eigenvalue weighted by molar-refractivity contribution is -0.139. The normalized spacial score (nSPS) is 12.5. The van der Waals surface area contributed by atoms with Gasteiger partial charge in [-0.25, -0.2) is 0 Å². The van der Waals surface area contributed by atoms with Crippen LogP contribution in [0.4, 0.5) is 0 Å². The molecule has 0 radical (unpaired) electrons. The number of hydrogen-bond donors (Lipinski definition) is 6. The number of fused-ring (bicyclic) bond motifs is 2. The standard InChI is InChI=1S/2C10H11N3O2.H2O/c2*11-7(10(14)15)5-9-6-3-1-2-4-8(6)12-13-9;/h2*1-4,7H,5,11H2,(H,12,13)(H,14,15);1H2. The van der Waals surface area contributed by atoms with Gasteiger partial charge in [0.1, 0.15) is 12.1 Å². The smallest absolute Gasteiger partial charge is 0.320 e. The zero-order valence-electron chi connectivity index (χ0n) is 16.4. The van der Waals surface area contributed by atoms with Crippen LogP contribution in [0.2, 0.25) is 0 Å². The van der Waals surface area contributed by atoms with Crippen LogP contribution in [-0.4, -0.2) is 60.1 Å². The van der Waals surface area contributed by atoms with Crippen LogP contribution in [0.5, 0.6) is 0 Å². The quantitative estimate of drug-likeness (QED) is 0.249. The number of aliphatic carboxylic acids is 2. The van der Waals surface area contributed by atoms with Gasteiger partial charge in [-0.15, -0.1) is 0 Å². The van der Waals surface area contributed by atoms with E-state index in [0.717, 1.165) is 33.2 Å². The molecule has 0 saturated carbocycles. The number of benzene rings is 2. The summed E-state index contributed by atoms with van der Waals surface area (Å²) in [6, 6.07) is 13.2. The molecule has 11 heteroatoms. The van der Waals surface area contributed by atoms with Gasteiger partial charge in [0.2, 0.25) is 0 Å². The van der Waals surface area contributed by atoms with E-state index in [4.69, 9.17) is 21.7 Å². The summed E-state index contributed by atoms with van der Waals surface area (Å²) in [7, 11) is 0. The summed E-state index contributed by atoms with van der Waals surface area (Å²) in [4.78, 5) is 21.2. The van der Waals surface area contributed by atoms with E-state index in [2.05, 4.69) is 20.4 Å². The van der Waals surface area contributed by atoms with Crippen molar-refractivity contribution in [1.29, 1.82) is 0 Å². The number of carboxylic acid groups (broad SMARTS) is 2. The highest BCUT2D eigenvalue weighted by atomic mass is 16.4. The molecule has 0 spiro atoms. The van der Waals surface area contributed by atoms with E-state index in [-0.39, 0.29) is 18.3 Å². The van der Waals surface area contributed by atoms with Crippen molar-refractivity contribution in [2.75, 3.05) is 0 Å². The summed E-state index contributed by atoms with van der Waals surface area (Å²) >= 11 is 0. The SMILES string of the molecule is NC(Cc1[nH]nc2ccccc12)C(=O)O.NC(Cc1[nH]nc2ccccc12)C(=O)O.O. The van der Waals surface area contributed by atoms with E-state index < -0.39 is 24.0 Å². The number of carbonyl (C=O) groups is 2. The van der Waals surface area contributed by atoms with Gasteiger partial charge in [-0.2, -0.15) is 10.2 Å². The molecule has 4 aromatic rings. The molecule has 0 aliphatic heterocycles. The van der Waals surface area contributed by atoms with Gasteiger partial charge in [-0.3, -0.25) is 19.8 Å². The highest BCUT2D eigenvalue weighted by Crippen LogP contribution is 2.17. The molecule has 0 aliphatic rings. The van der Waals surface area contributed by atoms with Gasteiger partial charge in [-0.05, 0) is 12.1 Å². The van der Waals surface area contributed by atoms with Crippen LogP contribution in [0.3, 0.4) is 0 Å². The number of hydrogen-bond acceptors (Lipinski definition) is 6. The van der Waals surface area contributed by atoms with Crippen LogP contribution in [0.25, 0.3) is 21.8 Å². The minimum atomic E-state index is -1.01. The number of H-pyrrole nitrogens is 2. The predicted octanol–water partition coefficient (Wildman–Crippen LogP) is 0.210. The topological polar surface area (TPSA) is 215 Å². The molecule has 0 bridgehead atoms. The minimum absolute atomic E-state index is 0. The maximum atomic E-state index is 10.6. The Hall–Kier alpha value is -3.80. The highest BCUT2D eigenvalue weighted by molar-refractivity contribution is 5.83. The summed E-state index contributed by atoms with van der Waals surface area (Å²) in [6.07, 6.45) is 0.520. The van der Waals surface area contributed by atoms with Crippen molar-refractivity contribution in [3.05, 3.63) is 59.9 Å². The second kappa shape index (κ2) is 10.3. The second-order valence-electron chi connectivity index (χ2n) is 6.74. The Labute approximate surface area is 176 Å². The van der Waals surface area contributed by atoms with E-state index >= 15 is 0 Å². The van der Waals surface area contributed by atoms with Gasteiger partial charge >= 0.3 is 11.9 Å².